The standard InChI is InChI=1S/C27H21BrCl2N2O3S/c1-18-7-12-21(29)15-26(18)32(36(34,35)23-5-3-2-4-6-23)17-19-8-10-20(11-9-19)27(33)31-22-13-14-24(28)25(30)16-22/h2-16H,17H2,1H3,(H,31,33). The highest BCUT2D eigenvalue weighted by molar-refractivity contribution is 9.10. The summed E-state index contributed by atoms with van der Waals surface area (Å²) in [5, 5.41) is 3.73. The lowest BCUT2D eigenvalue weighted by atomic mass is 10.1. The van der Waals surface area contributed by atoms with Crippen molar-refractivity contribution in [2.45, 2.75) is 18.4 Å². The molecule has 0 aliphatic rings. The van der Waals surface area contributed by atoms with Gasteiger partial charge in [-0.3, -0.25) is 9.10 Å². The van der Waals surface area contributed by atoms with Crippen LogP contribution >= 0.6 is 39.1 Å². The molecule has 0 saturated carbocycles. The zero-order valence-corrected chi connectivity index (χ0v) is 23.0. The van der Waals surface area contributed by atoms with Crippen LogP contribution in [0.2, 0.25) is 10.0 Å². The lowest BCUT2D eigenvalue weighted by Crippen LogP contribution is -2.31. The molecule has 0 aromatic heterocycles. The van der Waals surface area contributed by atoms with Crippen LogP contribution in [0.3, 0.4) is 0 Å². The third kappa shape index (κ3) is 5.93. The summed E-state index contributed by atoms with van der Waals surface area (Å²) in [7, 11) is -3.89. The molecule has 184 valence electrons. The van der Waals surface area contributed by atoms with E-state index >= 15 is 0 Å². The summed E-state index contributed by atoms with van der Waals surface area (Å²) >= 11 is 15.7. The fraction of sp³-hybridized carbons (Fsp3) is 0.0741. The maximum absolute atomic E-state index is 13.6. The Morgan fingerprint density at radius 2 is 1.61 bits per heavy atom. The van der Waals surface area contributed by atoms with Gasteiger partial charge >= 0.3 is 0 Å². The quantitative estimate of drug-likeness (QED) is 0.235. The van der Waals surface area contributed by atoms with Crippen molar-refractivity contribution in [1.29, 1.82) is 0 Å². The number of amides is 1. The molecule has 5 nitrogen and oxygen atoms in total. The number of benzene rings is 4. The molecule has 0 fully saturated rings. The molecule has 0 saturated heterocycles. The number of halogens is 3. The van der Waals surface area contributed by atoms with Gasteiger partial charge in [0.2, 0.25) is 0 Å². The molecule has 4 aromatic carbocycles. The predicted octanol–water partition coefficient (Wildman–Crippen LogP) is 7.71. The normalized spacial score (nSPS) is 11.2. The molecule has 0 radical (unpaired) electrons. The molecule has 1 N–H and O–H groups in total. The van der Waals surface area contributed by atoms with E-state index in [1.54, 1.807) is 91.0 Å². The van der Waals surface area contributed by atoms with E-state index in [1.807, 2.05) is 6.92 Å². The minimum atomic E-state index is -3.89. The van der Waals surface area contributed by atoms with E-state index in [-0.39, 0.29) is 17.3 Å². The van der Waals surface area contributed by atoms with Gasteiger partial charge in [-0.1, -0.05) is 59.6 Å². The van der Waals surface area contributed by atoms with E-state index in [1.165, 1.54) is 4.31 Å². The highest BCUT2D eigenvalue weighted by Crippen LogP contribution is 2.31. The highest BCUT2D eigenvalue weighted by Gasteiger charge is 2.26. The van der Waals surface area contributed by atoms with E-state index in [2.05, 4.69) is 21.2 Å². The Morgan fingerprint density at radius 3 is 2.28 bits per heavy atom. The van der Waals surface area contributed by atoms with Crippen molar-refractivity contribution in [2.75, 3.05) is 9.62 Å². The first-order valence-electron chi connectivity index (χ1n) is 10.8. The summed E-state index contributed by atoms with van der Waals surface area (Å²) in [5.74, 6) is -0.306. The monoisotopic (exact) mass is 602 g/mol. The van der Waals surface area contributed by atoms with Crippen LogP contribution < -0.4 is 9.62 Å². The predicted molar refractivity (Wildman–Crippen MR) is 150 cm³/mol. The van der Waals surface area contributed by atoms with Gasteiger partial charge in [0, 0.05) is 20.7 Å². The smallest absolute Gasteiger partial charge is 0.264 e. The molecule has 0 spiro atoms. The first-order valence-corrected chi connectivity index (χ1v) is 13.8. The summed E-state index contributed by atoms with van der Waals surface area (Å²) in [6, 6.07) is 25.3. The summed E-state index contributed by atoms with van der Waals surface area (Å²) in [6.07, 6.45) is 0. The molecule has 0 aliphatic carbocycles. The number of anilines is 2. The van der Waals surface area contributed by atoms with Crippen molar-refractivity contribution in [3.8, 4) is 0 Å². The van der Waals surface area contributed by atoms with Crippen molar-refractivity contribution < 1.29 is 13.2 Å². The van der Waals surface area contributed by atoms with Crippen molar-refractivity contribution in [2.24, 2.45) is 0 Å². The van der Waals surface area contributed by atoms with Gasteiger partial charge in [0.25, 0.3) is 15.9 Å². The topological polar surface area (TPSA) is 66.5 Å². The van der Waals surface area contributed by atoms with Gasteiger partial charge < -0.3 is 5.32 Å². The van der Waals surface area contributed by atoms with Crippen LogP contribution in [0.4, 0.5) is 11.4 Å². The van der Waals surface area contributed by atoms with E-state index < -0.39 is 10.0 Å². The Hall–Kier alpha value is -2.84. The summed E-state index contributed by atoms with van der Waals surface area (Å²) in [4.78, 5) is 12.9. The zero-order chi connectivity index (χ0) is 25.9. The van der Waals surface area contributed by atoms with E-state index in [4.69, 9.17) is 23.2 Å². The van der Waals surface area contributed by atoms with Gasteiger partial charge in [0.1, 0.15) is 0 Å². The number of nitrogens with one attached hydrogen (secondary N) is 1. The molecule has 9 heteroatoms. The second-order valence-corrected chi connectivity index (χ2v) is 11.6. The Balaban J connectivity index is 1.62. The highest BCUT2D eigenvalue weighted by atomic mass is 79.9. The van der Waals surface area contributed by atoms with Gasteiger partial charge in [0.05, 0.1) is 22.2 Å². The van der Waals surface area contributed by atoms with E-state index in [9.17, 15) is 13.2 Å². The molecular weight excluding hydrogens is 583 g/mol. The maximum atomic E-state index is 13.6. The number of sulfonamides is 1. The number of aryl methyl sites for hydroxylation is 1. The summed E-state index contributed by atoms with van der Waals surface area (Å²) < 4.78 is 29.3. The van der Waals surface area contributed by atoms with Crippen LogP contribution in [0.1, 0.15) is 21.5 Å². The van der Waals surface area contributed by atoms with Crippen LogP contribution in [0.25, 0.3) is 0 Å². The van der Waals surface area contributed by atoms with E-state index in [0.29, 0.717) is 32.5 Å². The number of nitrogens with zero attached hydrogens (tertiary/aromatic N) is 1. The van der Waals surface area contributed by atoms with Gasteiger partial charge in [-0.25, -0.2) is 8.42 Å². The van der Waals surface area contributed by atoms with Crippen molar-refractivity contribution in [1.82, 2.24) is 0 Å². The van der Waals surface area contributed by atoms with Gasteiger partial charge in [-0.2, -0.15) is 0 Å². The summed E-state index contributed by atoms with van der Waals surface area (Å²) in [6.45, 7) is 1.89. The largest absolute Gasteiger partial charge is 0.322 e. The van der Waals surface area contributed by atoms with Gasteiger partial charge in [-0.15, -0.1) is 0 Å². The lowest BCUT2D eigenvalue weighted by molar-refractivity contribution is 0.102. The molecular formula is C27H21BrCl2N2O3S. The maximum Gasteiger partial charge on any atom is 0.264 e. The second-order valence-electron chi connectivity index (χ2n) is 8.04. The first kappa shape index (κ1) is 26.2. The minimum Gasteiger partial charge on any atom is -0.322 e. The number of rotatable bonds is 7. The van der Waals surface area contributed by atoms with Crippen LogP contribution in [0, 0.1) is 6.92 Å². The third-order valence-electron chi connectivity index (χ3n) is 5.49. The number of carbonyl (C=O) groups is 1. The molecule has 4 aromatic rings. The molecule has 0 aliphatic heterocycles. The van der Waals surface area contributed by atoms with Crippen LogP contribution in [-0.4, -0.2) is 14.3 Å². The van der Waals surface area contributed by atoms with Crippen LogP contribution in [0.15, 0.2) is 100 Å². The number of hydrogen-bond donors (Lipinski definition) is 1. The van der Waals surface area contributed by atoms with Crippen molar-refractivity contribution in [3.05, 3.63) is 122 Å². The average Bonchev–Trinajstić information content (AvgIpc) is 2.87. The van der Waals surface area contributed by atoms with Crippen LogP contribution in [-0.2, 0) is 16.6 Å². The Labute approximate surface area is 228 Å². The summed E-state index contributed by atoms with van der Waals surface area (Å²) in [5.41, 5.74) is 2.95. The molecule has 1 amide bonds. The molecule has 0 heterocycles. The fourth-order valence-corrected chi connectivity index (χ4v) is 5.70. The van der Waals surface area contributed by atoms with Gasteiger partial charge in [0.15, 0.2) is 0 Å². The van der Waals surface area contributed by atoms with E-state index in [0.717, 1.165) is 10.0 Å². The average molecular weight is 604 g/mol. The molecule has 4 rings (SSSR count). The minimum absolute atomic E-state index is 0.0582. The van der Waals surface area contributed by atoms with Gasteiger partial charge in [-0.05, 0) is 88.6 Å². The second kappa shape index (κ2) is 11.0. The Morgan fingerprint density at radius 1 is 0.917 bits per heavy atom. The third-order valence-corrected chi connectivity index (χ3v) is 8.73. The zero-order valence-electron chi connectivity index (χ0n) is 19.1. The first-order chi connectivity index (χ1) is 17.1. The Bertz CT molecular complexity index is 1510. The molecule has 0 unspecified atom stereocenters. The number of hydrogen-bond acceptors (Lipinski definition) is 3. The Kier molecular flexibility index (Phi) is 8.05. The van der Waals surface area contributed by atoms with Crippen molar-refractivity contribution >= 4 is 66.4 Å². The SMILES string of the molecule is Cc1ccc(Cl)cc1N(Cc1ccc(C(=O)Nc2ccc(Br)c(Cl)c2)cc1)S(=O)(=O)c1ccccc1. The number of carbonyl (C=O) groups excluding carboxylic acids is 1. The molecule has 0 bridgehead atoms. The fourth-order valence-electron chi connectivity index (χ4n) is 3.58. The molecule has 0 atom stereocenters. The molecule has 36 heavy (non-hydrogen) atoms. The van der Waals surface area contributed by atoms with Crippen molar-refractivity contribution in [3.63, 3.8) is 0 Å². The lowest BCUT2D eigenvalue weighted by Gasteiger charge is -2.26. The van der Waals surface area contributed by atoms with Crippen LogP contribution in [0.5, 0.6) is 0 Å².